The zero-order valence-corrected chi connectivity index (χ0v) is 13.5. The Balaban J connectivity index is 2.05. The number of anilines is 1. The van der Waals surface area contributed by atoms with Gasteiger partial charge in [0.05, 0.1) is 11.5 Å². The van der Waals surface area contributed by atoms with E-state index in [1.165, 1.54) is 4.31 Å². The summed E-state index contributed by atoms with van der Waals surface area (Å²) < 4.78 is 31.9. The van der Waals surface area contributed by atoms with Crippen LogP contribution in [0.3, 0.4) is 0 Å². The van der Waals surface area contributed by atoms with Crippen LogP contribution in [-0.4, -0.2) is 46.1 Å². The molecule has 1 aliphatic heterocycles. The smallest absolute Gasteiger partial charge is 0.242 e. The molecule has 0 amide bonds. The van der Waals surface area contributed by atoms with Gasteiger partial charge in [-0.15, -0.1) is 0 Å². The highest BCUT2D eigenvalue weighted by atomic mass is 32.2. The fourth-order valence-corrected chi connectivity index (χ4v) is 3.79. The number of nitrogens with zero attached hydrogens (tertiary/aromatic N) is 1. The van der Waals surface area contributed by atoms with Gasteiger partial charge in [-0.05, 0) is 49.9 Å². The molecule has 2 rings (SSSR count). The van der Waals surface area contributed by atoms with E-state index >= 15 is 0 Å². The van der Waals surface area contributed by atoms with Gasteiger partial charge in [0.2, 0.25) is 10.0 Å². The fourth-order valence-electron chi connectivity index (χ4n) is 2.54. The zero-order chi connectivity index (χ0) is 15.3. The summed E-state index contributed by atoms with van der Waals surface area (Å²) in [6.07, 6.45) is 2.04. The van der Waals surface area contributed by atoms with Crippen molar-refractivity contribution in [2.45, 2.75) is 24.7 Å². The van der Waals surface area contributed by atoms with E-state index in [0.29, 0.717) is 24.0 Å². The number of ether oxygens (including phenoxy) is 1. The van der Waals surface area contributed by atoms with E-state index < -0.39 is 10.0 Å². The topological polar surface area (TPSA) is 58.6 Å². The maximum Gasteiger partial charge on any atom is 0.242 e. The molecule has 118 valence electrons. The molecule has 0 aromatic heterocycles. The average Bonchev–Trinajstić information content (AvgIpc) is 2.49. The average molecular weight is 312 g/mol. The van der Waals surface area contributed by atoms with Crippen LogP contribution in [0.2, 0.25) is 0 Å². The molecule has 1 unspecified atom stereocenters. The van der Waals surface area contributed by atoms with Gasteiger partial charge in [0.1, 0.15) is 0 Å². The summed E-state index contributed by atoms with van der Waals surface area (Å²) in [6, 6.07) is 6.91. The molecule has 21 heavy (non-hydrogen) atoms. The van der Waals surface area contributed by atoms with Crippen LogP contribution < -0.4 is 5.32 Å². The fraction of sp³-hybridized carbons (Fsp3) is 0.600. The van der Waals surface area contributed by atoms with E-state index in [9.17, 15) is 8.42 Å². The highest BCUT2D eigenvalue weighted by Crippen LogP contribution is 2.21. The third-order valence-corrected chi connectivity index (χ3v) is 5.55. The first-order valence-corrected chi connectivity index (χ1v) is 8.86. The molecule has 1 aliphatic rings. The summed E-state index contributed by atoms with van der Waals surface area (Å²) in [4.78, 5) is 0.336. The molecule has 1 heterocycles. The number of hydrogen-bond acceptors (Lipinski definition) is 4. The van der Waals surface area contributed by atoms with E-state index in [2.05, 4.69) is 5.32 Å². The van der Waals surface area contributed by atoms with Crippen molar-refractivity contribution in [3.8, 4) is 0 Å². The largest absolute Gasteiger partial charge is 0.385 e. The molecule has 1 aromatic rings. The predicted octanol–water partition coefficient (Wildman–Crippen LogP) is 2.17. The molecule has 1 N–H and O–H groups in total. The third-order valence-electron chi connectivity index (χ3n) is 3.71. The van der Waals surface area contributed by atoms with Crippen LogP contribution in [0.5, 0.6) is 0 Å². The minimum Gasteiger partial charge on any atom is -0.385 e. The first kappa shape index (κ1) is 16.3. The minimum atomic E-state index is -3.42. The molecular weight excluding hydrogens is 288 g/mol. The summed E-state index contributed by atoms with van der Waals surface area (Å²) in [7, 11) is -1.78. The van der Waals surface area contributed by atoms with Crippen molar-refractivity contribution in [2.75, 3.05) is 38.7 Å². The molecule has 1 aromatic carbocycles. The predicted molar refractivity (Wildman–Crippen MR) is 84.0 cm³/mol. The van der Waals surface area contributed by atoms with E-state index in [4.69, 9.17) is 4.74 Å². The standard InChI is InChI=1S/C15H24N2O3S/c1-3-16-14-6-8-15(9-7-14)21(18,19)17(2)11-13-5-4-10-20-12-13/h6-9,13,16H,3-5,10-12H2,1-2H3. The Morgan fingerprint density at radius 2 is 2.05 bits per heavy atom. The Morgan fingerprint density at radius 3 is 2.62 bits per heavy atom. The molecular formula is C15H24N2O3S. The molecule has 1 atom stereocenters. The first-order chi connectivity index (χ1) is 10.0. The quantitative estimate of drug-likeness (QED) is 0.874. The van der Waals surface area contributed by atoms with E-state index in [1.54, 1.807) is 31.3 Å². The maximum atomic E-state index is 12.5. The highest BCUT2D eigenvalue weighted by Gasteiger charge is 2.25. The van der Waals surface area contributed by atoms with Crippen LogP contribution in [0.15, 0.2) is 29.2 Å². The molecule has 5 nitrogen and oxygen atoms in total. The number of nitrogens with one attached hydrogen (secondary N) is 1. The van der Waals surface area contributed by atoms with Crippen LogP contribution in [0, 0.1) is 5.92 Å². The van der Waals surface area contributed by atoms with Crippen molar-refractivity contribution in [1.82, 2.24) is 4.31 Å². The van der Waals surface area contributed by atoms with Crippen molar-refractivity contribution >= 4 is 15.7 Å². The number of rotatable bonds is 6. The van der Waals surface area contributed by atoms with Gasteiger partial charge in [-0.25, -0.2) is 12.7 Å². The lowest BCUT2D eigenvalue weighted by Crippen LogP contribution is -2.35. The Bertz CT molecular complexity index is 537. The van der Waals surface area contributed by atoms with Crippen molar-refractivity contribution in [2.24, 2.45) is 5.92 Å². The highest BCUT2D eigenvalue weighted by molar-refractivity contribution is 7.89. The van der Waals surface area contributed by atoms with Gasteiger partial charge in [0.15, 0.2) is 0 Å². The van der Waals surface area contributed by atoms with Crippen LogP contribution >= 0.6 is 0 Å². The van der Waals surface area contributed by atoms with Gasteiger partial charge in [0.25, 0.3) is 0 Å². The zero-order valence-electron chi connectivity index (χ0n) is 12.7. The number of hydrogen-bond donors (Lipinski definition) is 1. The molecule has 1 saturated heterocycles. The molecule has 1 fully saturated rings. The number of benzene rings is 1. The monoisotopic (exact) mass is 312 g/mol. The van der Waals surface area contributed by atoms with Gasteiger partial charge < -0.3 is 10.1 Å². The molecule has 0 saturated carbocycles. The van der Waals surface area contributed by atoms with Gasteiger partial charge in [-0.2, -0.15) is 0 Å². The Labute approximate surface area is 127 Å². The summed E-state index contributed by atoms with van der Waals surface area (Å²) >= 11 is 0. The van der Waals surface area contributed by atoms with Crippen LogP contribution in [0.4, 0.5) is 5.69 Å². The van der Waals surface area contributed by atoms with Crippen molar-refractivity contribution in [1.29, 1.82) is 0 Å². The first-order valence-electron chi connectivity index (χ1n) is 7.42. The summed E-state index contributed by atoms with van der Waals surface area (Å²) in [5.74, 6) is 0.291. The van der Waals surface area contributed by atoms with Gasteiger partial charge in [-0.1, -0.05) is 0 Å². The van der Waals surface area contributed by atoms with Crippen LogP contribution in [0.1, 0.15) is 19.8 Å². The normalized spacial score (nSPS) is 19.7. The van der Waals surface area contributed by atoms with Crippen molar-refractivity contribution in [3.63, 3.8) is 0 Å². The van der Waals surface area contributed by atoms with E-state index in [0.717, 1.165) is 31.7 Å². The van der Waals surface area contributed by atoms with Gasteiger partial charge in [0, 0.05) is 32.4 Å². The number of sulfonamides is 1. The minimum absolute atomic E-state index is 0.291. The van der Waals surface area contributed by atoms with Crippen LogP contribution in [-0.2, 0) is 14.8 Å². The van der Waals surface area contributed by atoms with Gasteiger partial charge in [-0.3, -0.25) is 0 Å². The van der Waals surface area contributed by atoms with Gasteiger partial charge >= 0.3 is 0 Å². The summed E-state index contributed by atoms with van der Waals surface area (Å²) in [5, 5.41) is 3.16. The second-order valence-electron chi connectivity index (χ2n) is 5.42. The Hall–Kier alpha value is -1.11. The Kier molecular flexibility index (Phi) is 5.61. The molecule has 0 bridgehead atoms. The molecule has 0 radical (unpaired) electrons. The SMILES string of the molecule is CCNc1ccc(S(=O)(=O)N(C)CC2CCCOC2)cc1. The van der Waals surface area contributed by atoms with Crippen molar-refractivity contribution in [3.05, 3.63) is 24.3 Å². The maximum absolute atomic E-state index is 12.5. The van der Waals surface area contributed by atoms with Crippen molar-refractivity contribution < 1.29 is 13.2 Å². The summed E-state index contributed by atoms with van der Waals surface area (Å²) in [5.41, 5.74) is 0.930. The van der Waals surface area contributed by atoms with E-state index in [-0.39, 0.29) is 0 Å². The van der Waals surface area contributed by atoms with Crippen LogP contribution in [0.25, 0.3) is 0 Å². The lowest BCUT2D eigenvalue weighted by atomic mass is 10.0. The molecule has 0 aliphatic carbocycles. The summed E-state index contributed by atoms with van der Waals surface area (Å²) in [6.45, 7) is 4.77. The third kappa shape index (κ3) is 4.18. The lowest BCUT2D eigenvalue weighted by molar-refractivity contribution is 0.0495. The molecule has 6 heteroatoms. The Morgan fingerprint density at radius 1 is 1.33 bits per heavy atom. The van der Waals surface area contributed by atoms with E-state index in [1.807, 2.05) is 6.92 Å². The second-order valence-corrected chi connectivity index (χ2v) is 7.47. The second kappa shape index (κ2) is 7.24. The lowest BCUT2D eigenvalue weighted by Gasteiger charge is -2.26. The molecule has 0 spiro atoms.